The average Bonchev–Trinajstić information content (AvgIpc) is 3.47. The Morgan fingerprint density at radius 2 is 1.80 bits per heavy atom. The molecule has 0 bridgehead atoms. The number of nitrogens with zero attached hydrogens (tertiary/aromatic N) is 1. The summed E-state index contributed by atoms with van der Waals surface area (Å²) >= 11 is 5.79. The summed E-state index contributed by atoms with van der Waals surface area (Å²) in [6.07, 6.45) is 7.70. The van der Waals surface area contributed by atoms with Crippen molar-refractivity contribution in [3.05, 3.63) is 127 Å². The summed E-state index contributed by atoms with van der Waals surface area (Å²) in [5.74, 6) is 2.50. The van der Waals surface area contributed by atoms with E-state index in [2.05, 4.69) is 123 Å². The fraction of sp³-hybridized carbons (Fsp3) is 0.206. The predicted molar refractivity (Wildman–Crippen MR) is 175 cm³/mol. The first-order valence-corrected chi connectivity index (χ1v) is 15.5. The monoisotopic (exact) mass is 704 g/mol. The summed E-state index contributed by atoms with van der Waals surface area (Å²) in [5, 5.41) is 3.81. The van der Waals surface area contributed by atoms with Crippen LogP contribution < -0.4 is 14.8 Å². The lowest BCUT2D eigenvalue weighted by molar-refractivity contribution is 0.267. The molecule has 3 atom stereocenters. The van der Waals surface area contributed by atoms with Gasteiger partial charge in [-0.05, 0) is 107 Å². The molecule has 4 nitrogen and oxygen atoms in total. The number of ether oxygens (including phenoxy) is 2. The number of para-hydroxylation sites is 1. The van der Waals surface area contributed by atoms with Gasteiger partial charge in [0.1, 0.15) is 6.61 Å². The van der Waals surface area contributed by atoms with Crippen molar-refractivity contribution in [1.82, 2.24) is 0 Å². The van der Waals surface area contributed by atoms with Crippen LogP contribution in [-0.2, 0) is 6.61 Å². The van der Waals surface area contributed by atoms with Crippen molar-refractivity contribution in [2.24, 2.45) is 10.9 Å². The number of fused-ring (bicyclic) bond motifs is 3. The van der Waals surface area contributed by atoms with Gasteiger partial charge in [-0.2, -0.15) is 0 Å². The molecule has 2 aliphatic rings. The SMILES string of the molecule is CCOc1cc(C=Nc2ccc([C@@H]3Nc4ccccc4[C@H]4C=CC[C@@H]43)cc2)cc(I)c1OCc1ccc(Br)cc1. The van der Waals surface area contributed by atoms with Crippen LogP contribution in [0.15, 0.2) is 107 Å². The first kappa shape index (κ1) is 27.1. The molecule has 0 aromatic heterocycles. The molecule has 0 radical (unpaired) electrons. The Balaban J connectivity index is 1.17. The van der Waals surface area contributed by atoms with Gasteiger partial charge in [0.2, 0.25) is 0 Å². The molecule has 0 unspecified atom stereocenters. The van der Waals surface area contributed by atoms with Gasteiger partial charge in [-0.3, -0.25) is 4.99 Å². The number of anilines is 1. The first-order chi connectivity index (χ1) is 19.6. The maximum Gasteiger partial charge on any atom is 0.175 e. The number of nitrogens with one attached hydrogen (secondary N) is 1. The van der Waals surface area contributed by atoms with E-state index in [1.54, 1.807) is 0 Å². The quantitative estimate of drug-likeness (QED) is 0.113. The molecule has 1 heterocycles. The summed E-state index contributed by atoms with van der Waals surface area (Å²) in [4.78, 5) is 4.78. The minimum atomic E-state index is 0.285. The molecule has 0 spiro atoms. The summed E-state index contributed by atoms with van der Waals surface area (Å²) in [6.45, 7) is 3.02. The molecule has 6 rings (SSSR count). The van der Waals surface area contributed by atoms with E-state index in [9.17, 15) is 0 Å². The van der Waals surface area contributed by atoms with E-state index in [1.807, 2.05) is 31.3 Å². The zero-order valence-corrected chi connectivity index (χ0v) is 25.9. The fourth-order valence-corrected chi connectivity index (χ4v) is 6.64. The maximum atomic E-state index is 6.18. The molecular weight excluding hydrogens is 675 g/mol. The van der Waals surface area contributed by atoms with Gasteiger partial charge in [-0.25, -0.2) is 0 Å². The molecule has 1 N–H and O–H groups in total. The normalized spacial score (nSPS) is 19.2. The standard InChI is InChI=1S/C34H30BrIN2O2/c1-2-39-32-19-23(18-30(36)34(32)40-21-22-10-14-25(35)15-11-22)20-37-26-16-12-24(13-17-26)33-29-8-5-7-27(29)28-6-3-4-9-31(28)38-33/h3-7,9-20,27,29,33,38H,2,8,21H2,1H3/t27-,29+,33+/m1/s1. The molecule has 1 aliphatic carbocycles. The zero-order valence-electron chi connectivity index (χ0n) is 22.2. The molecule has 1 aliphatic heterocycles. The van der Waals surface area contributed by atoms with Crippen molar-refractivity contribution in [1.29, 1.82) is 0 Å². The molecule has 0 fully saturated rings. The number of hydrogen-bond acceptors (Lipinski definition) is 4. The van der Waals surface area contributed by atoms with Crippen LogP contribution in [0.1, 0.15) is 47.6 Å². The molecular formula is C34H30BrIN2O2. The average molecular weight is 705 g/mol. The van der Waals surface area contributed by atoms with Crippen LogP contribution in [0.25, 0.3) is 0 Å². The highest BCUT2D eigenvalue weighted by Gasteiger charge is 2.37. The van der Waals surface area contributed by atoms with Crippen LogP contribution in [0, 0.1) is 9.49 Å². The van der Waals surface area contributed by atoms with E-state index in [0.29, 0.717) is 25.0 Å². The van der Waals surface area contributed by atoms with Crippen LogP contribution in [0.4, 0.5) is 11.4 Å². The van der Waals surface area contributed by atoms with Gasteiger partial charge in [-0.15, -0.1) is 0 Å². The smallest absolute Gasteiger partial charge is 0.175 e. The number of aliphatic imine (C=N–C) groups is 1. The fourth-order valence-electron chi connectivity index (χ4n) is 5.59. The zero-order chi connectivity index (χ0) is 27.5. The van der Waals surface area contributed by atoms with E-state index in [4.69, 9.17) is 14.5 Å². The summed E-state index contributed by atoms with van der Waals surface area (Å²) in [6, 6.07) is 29.8. The van der Waals surface area contributed by atoms with Crippen molar-refractivity contribution >= 4 is 56.1 Å². The molecule has 0 saturated heterocycles. The van der Waals surface area contributed by atoms with Gasteiger partial charge in [0.25, 0.3) is 0 Å². The molecule has 4 aromatic carbocycles. The van der Waals surface area contributed by atoms with Crippen LogP contribution in [0.5, 0.6) is 11.5 Å². The Morgan fingerprint density at radius 3 is 2.60 bits per heavy atom. The Morgan fingerprint density at radius 1 is 1.00 bits per heavy atom. The molecule has 40 heavy (non-hydrogen) atoms. The van der Waals surface area contributed by atoms with Crippen LogP contribution in [-0.4, -0.2) is 12.8 Å². The van der Waals surface area contributed by atoms with E-state index < -0.39 is 0 Å². The number of allylic oxidation sites excluding steroid dienone is 2. The lowest BCUT2D eigenvalue weighted by atomic mass is 9.77. The number of benzene rings is 4. The van der Waals surface area contributed by atoms with Crippen molar-refractivity contribution in [3.8, 4) is 11.5 Å². The second-order valence-electron chi connectivity index (χ2n) is 10.1. The second-order valence-corrected chi connectivity index (χ2v) is 12.2. The summed E-state index contributed by atoms with van der Waals surface area (Å²) in [7, 11) is 0. The van der Waals surface area contributed by atoms with Gasteiger partial charge in [0.15, 0.2) is 11.5 Å². The molecule has 4 aromatic rings. The Bertz CT molecular complexity index is 1550. The third kappa shape index (κ3) is 5.84. The highest BCUT2D eigenvalue weighted by Crippen LogP contribution is 2.49. The van der Waals surface area contributed by atoms with Crippen molar-refractivity contribution < 1.29 is 9.47 Å². The van der Waals surface area contributed by atoms with E-state index in [1.165, 1.54) is 16.8 Å². The van der Waals surface area contributed by atoms with Crippen molar-refractivity contribution in [2.45, 2.75) is 31.9 Å². The van der Waals surface area contributed by atoms with Gasteiger partial charge in [-0.1, -0.05) is 70.5 Å². The van der Waals surface area contributed by atoms with Crippen molar-refractivity contribution in [2.75, 3.05) is 11.9 Å². The maximum absolute atomic E-state index is 6.18. The minimum Gasteiger partial charge on any atom is -0.490 e. The largest absolute Gasteiger partial charge is 0.490 e. The van der Waals surface area contributed by atoms with Crippen molar-refractivity contribution in [3.63, 3.8) is 0 Å². The second kappa shape index (κ2) is 12.2. The minimum absolute atomic E-state index is 0.285. The Labute approximate surface area is 257 Å². The number of halogens is 2. The third-order valence-corrected chi connectivity index (χ3v) is 8.84. The Kier molecular flexibility index (Phi) is 8.25. The van der Waals surface area contributed by atoms with E-state index >= 15 is 0 Å². The number of hydrogen-bond donors (Lipinski definition) is 1. The van der Waals surface area contributed by atoms with E-state index in [-0.39, 0.29) is 6.04 Å². The van der Waals surface area contributed by atoms with Gasteiger partial charge in [0.05, 0.1) is 21.9 Å². The first-order valence-electron chi connectivity index (χ1n) is 13.6. The summed E-state index contributed by atoms with van der Waals surface area (Å²) < 4.78 is 14.2. The molecule has 0 saturated carbocycles. The number of rotatable bonds is 8. The summed E-state index contributed by atoms with van der Waals surface area (Å²) in [5.41, 5.74) is 6.94. The predicted octanol–water partition coefficient (Wildman–Crippen LogP) is 9.61. The molecule has 6 heteroatoms. The third-order valence-electron chi connectivity index (χ3n) is 7.52. The van der Waals surface area contributed by atoms with Gasteiger partial charge >= 0.3 is 0 Å². The van der Waals surface area contributed by atoms with E-state index in [0.717, 1.165) is 42.8 Å². The van der Waals surface area contributed by atoms with Gasteiger partial charge in [0, 0.05) is 22.3 Å². The van der Waals surface area contributed by atoms with Gasteiger partial charge < -0.3 is 14.8 Å². The Hall–Kier alpha value is -3.10. The lowest BCUT2D eigenvalue weighted by Gasteiger charge is -2.37. The lowest BCUT2D eigenvalue weighted by Crippen LogP contribution is -2.28. The molecule has 202 valence electrons. The molecule has 0 amide bonds. The van der Waals surface area contributed by atoms with Crippen LogP contribution in [0.2, 0.25) is 0 Å². The topological polar surface area (TPSA) is 42.8 Å². The highest BCUT2D eigenvalue weighted by atomic mass is 127. The van der Waals surface area contributed by atoms with Crippen LogP contribution in [0.3, 0.4) is 0 Å². The highest BCUT2D eigenvalue weighted by molar-refractivity contribution is 14.1. The van der Waals surface area contributed by atoms with Crippen LogP contribution >= 0.6 is 38.5 Å².